The molecule has 1 aromatic carbocycles. The summed E-state index contributed by atoms with van der Waals surface area (Å²) < 4.78 is 13.4. The number of carbonyl (C=O) groups is 1. The Hall–Kier alpha value is -1.50. The van der Waals surface area contributed by atoms with Gasteiger partial charge < -0.3 is 20.6 Å². The highest BCUT2D eigenvalue weighted by Crippen LogP contribution is 2.21. The minimum absolute atomic E-state index is 0.154. The first kappa shape index (κ1) is 14.6. The molecule has 0 aromatic heterocycles. The molecule has 100 valence electrons. The zero-order chi connectivity index (χ0) is 13.7. The Labute approximate surface area is 104 Å². The van der Waals surface area contributed by atoms with Gasteiger partial charge in [0.05, 0.1) is 11.7 Å². The standard InChI is InChI=1S/C12H16FNO4/c1-14-5-4-10(15)11(16)7-2-3-8(12(17)18)9(13)6-7/h2-3,6,10-11,14-16H,4-5H2,1H3,(H,17,18). The monoisotopic (exact) mass is 257 g/mol. The Morgan fingerprint density at radius 3 is 2.61 bits per heavy atom. The summed E-state index contributed by atoms with van der Waals surface area (Å²) in [6.07, 6.45) is -1.97. The van der Waals surface area contributed by atoms with E-state index in [1.165, 1.54) is 6.07 Å². The minimum Gasteiger partial charge on any atom is -0.478 e. The molecule has 1 rings (SSSR count). The summed E-state index contributed by atoms with van der Waals surface area (Å²) in [6.45, 7) is 0.508. The maximum absolute atomic E-state index is 13.4. The van der Waals surface area contributed by atoms with E-state index in [2.05, 4.69) is 5.32 Å². The van der Waals surface area contributed by atoms with Crippen molar-refractivity contribution in [2.45, 2.75) is 18.6 Å². The molecular formula is C12H16FNO4. The number of benzene rings is 1. The van der Waals surface area contributed by atoms with Gasteiger partial charge in [-0.05, 0) is 37.7 Å². The molecule has 5 nitrogen and oxygen atoms in total. The normalized spacial score (nSPS) is 14.2. The van der Waals surface area contributed by atoms with Crippen molar-refractivity contribution in [1.82, 2.24) is 5.32 Å². The zero-order valence-electron chi connectivity index (χ0n) is 9.93. The van der Waals surface area contributed by atoms with Crippen LogP contribution in [0.5, 0.6) is 0 Å². The Balaban J connectivity index is 2.83. The highest BCUT2D eigenvalue weighted by Gasteiger charge is 2.20. The van der Waals surface area contributed by atoms with Crippen LogP contribution < -0.4 is 5.32 Å². The van der Waals surface area contributed by atoms with Crippen molar-refractivity contribution in [2.24, 2.45) is 0 Å². The molecule has 0 bridgehead atoms. The summed E-state index contributed by atoms with van der Waals surface area (Å²) in [6, 6.07) is 3.29. The molecule has 0 fully saturated rings. The van der Waals surface area contributed by atoms with Crippen LogP contribution in [0.25, 0.3) is 0 Å². The largest absolute Gasteiger partial charge is 0.478 e. The first-order valence-corrected chi connectivity index (χ1v) is 5.50. The maximum atomic E-state index is 13.4. The van der Waals surface area contributed by atoms with Crippen LogP contribution >= 0.6 is 0 Å². The molecule has 4 N–H and O–H groups in total. The Bertz CT molecular complexity index is 425. The maximum Gasteiger partial charge on any atom is 0.338 e. The minimum atomic E-state index is -1.37. The number of nitrogens with one attached hydrogen (secondary N) is 1. The van der Waals surface area contributed by atoms with Crippen LogP contribution in [0.15, 0.2) is 18.2 Å². The highest BCUT2D eigenvalue weighted by molar-refractivity contribution is 5.87. The quantitative estimate of drug-likeness (QED) is 0.597. The van der Waals surface area contributed by atoms with Gasteiger partial charge >= 0.3 is 5.97 Å². The Morgan fingerprint density at radius 1 is 1.44 bits per heavy atom. The average molecular weight is 257 g/mol. The molecule has 0 heterocycles. The molecule has 2 unspecified atom stereocenters. The zero-order valence-corrected chi connectivity index (χ0v) is 9.93. The van der Waals surface area contributed by atoms with Crippen LogP contribution in [0.4, 0.5) is 4.39 Å². The lowest BCUT2D eigenvalue weighted by Crippen LogP contribution is -2.23. The fourth-order valence-electron chi connectivity index (χ4n) is 1.56. The number of aliphatic hydroxyl groups excluding tert-OH is 2. The topological polar surface area (TPSA) is 89.8 Å². The molecule has 0 radical (unpaired) electrons. The number of hydrogen-bond acceptors (Lipinski definition) is 4. The lowest BCUT2D eigenvalue weighted by atomic mass is 10.0. The number of aromatic carboxylic acids is 1. The van der Waals surface area contributed by atoms with Gasteiger partial charge in [-0.25, -0.2) is 9.18 Å². The van der Waals surface area contributed by atoms with Gasteiger partial charge in [0.2, 0.25) is 0 Å². The van der Waals surface area contributed by atoms with Crippen molar-refractivity contribution in [3.8, 4) is 0 Å². The van der Waals surface area contributed by atoms with Gasteiger partial charge in [-0.3, -0.25) is 0 Å². The number of carboxylic acids is 1. The summed E-state index contributed by atoms with van der Waals surface area (Å²) in [5, 5.41) is 30.9. The van der Waals surface area contributed by atoms with Crippen molar-refractivity contribution < 1.29 is 24.5 Å². The van der Waals surface area contributed by atoms with E-state index in [0.29, 0.717) is 13.0 Å². The number of aliphatic hydroxyl groups is 2. The van der Waals surface area contributed by atoms with Gasteiger partial charge in [0.15, 0.2) is 0 Å². The van der Waals surface area contributed by atoms with Gasteiger partial charge in [0.25, 0.3) is 0 Å². The van der Waals surface area contributed by atoms with E-state index in [1.807, 2.05) is 0 Å². The van der Waals surface area contributed by atoms with E-state index >= 15 is 0 Å². The fraction of sp³-hybridized carbons (Fsp3) is 0.417. The highest BCUT2D eigenvalue weighted by atomic mass is 19.1. The van der Waals surface area contributed by atoms with Gasteiger partial charge in [0.1, 0.15) is 11.9 Å². The van der Waals surface area contributed by atoms with E-state index in [1.54, 1.807) is 7.05 Å². The van der Waals surface area contributed by atoms with E-state index in [9.17, 15) is 19.4 Å². The molecule has 0 aliphatic rings. The van der Waals surface area contributed by atoms with E-state index in [0.717, 1.165) is 12.1 Å². The number of carboxylic acid groups (broad SMARTS) is 1. The van der Waals surface area contributed by atoms with E-state index in [-0.39, 0.29) is 5.56 Å². The lowest BCUT2D eigenvalue weighted by Gasteiger charge is -2.18. The third kappa shape index (κ3) is 3.49. The molecule has 0 spiro atoms. The number of hydrogen-bond donors (Lipinski definition) is 4. The van der Waals surface area contributed by atoms with Crippen LogP contribution in [-0.2, 0) is 0 Å². The van der Waals surface area contributed by atoms with Gasteiger partial charge in [0, 0.05) is 0 Å². The third-order valence-electron chi connectivity index (χ3n) is 2.62. The van der Waals surface area contributed by atoms with Crippen molar-refractivity contribution >= 4 is 5.97 Å². The third-order valence-corrected chi connectivity index (χ3v) is 2.62. The average Bonchev–Trinajstić information content (AvgIpc) is 2.34. The van der Waals surface area contributed by atoms with Crippen molar-refractivity contribution in [3.63, 3.8) is 0 Å². The summed E-state index contributed by atoms with van der Waals surface area (Å²) in [5.74, 6) is -2.30. The molecule has 2 atom stereocenters. The molecular weight excluding hydrogens is 241 g/mol. The van der Waals surface area contributed by atoms with Gasteiger partial charge in [-0.2, -0.15) is 0 Å². The number of rotatable bonds is 6. The molecule has 0 aliphatic heterocycles. The van der Waals surface area contributed by atoms with Gasteiger partial charge in [-0.15, -0.1) is 0 Å². The van der Waals surface area contributed by atoms with Crippen LogP contribution in [0.2, 0.25) is 0 Å². The summed E-state index contributed by atoms with van der Waals surface area (Å²) in [5.41, 5.74) is -0.309. The van der Waals surface area contributed by atoms with Crippen LogP contribution in [-0.4, -0.2) is 41.0 Å². The summed E-state index contributed by atoms with van der Waals surface area (Å²) in [7, 11) is 1.71. The fourth-order valence-corrected chi connectivity index (χ4v) is 1.56. The van der Waals surface area contributed by atoms with Crippen LogP contribution in [0.3, 0.4) is 0 Å². The molecule has 18 heavy (non-hydrogen) atoms. The van der Waals surface area contributed by atoms with E-state index in [4.69, 9.17) is 5.11 Å². The van der Waals surface area contributed by atoms with Crippen molar-refractivity contribution in [3.05, 3.63) is 35.1 Å². The first-order chi connectivity index (χ1) is 8.47. The predicted octanol–water partition coefficient (Wildman–Crippen LogP) is 0.528. The molecule has 1 aromatic rings. The SMILES string of the molecule is CNCCC(O)C(O)c1ccc(C(=O)O)c(F)c1. The number of halogens is 1. The lowest BCUT2D eigenvalue weighted by molar-refractivity contribution is 0.0138. The molecule has 0 amide bonds. The molecule has 0 aliphatic carbocycles. The van der Waals surface area contributed by atoms with Gasteiger partial charge in [-0.1, -0.05) is 6.07 Å². The Kier molecular flexibility index (Phi) is 5.21. The second-order valence-corrected chi connectivity index (χ2v) is 3.95. The second kappa shape index (κ2) is 6.44. The van der Waals surface area contributed by atoms with Crippen LogP contribution in [0, 0.1) is 5.82 Å². The molecule has 6 heteroatoms. The van der Waals surface area contributed by atoms with Crippen molar-refractivity contribution in [1.29, 1.82) is 0 Å². The van der Waals surface area contributed by atoms with Crippen LogP contribution in [0.1, 0.15) is 28.4 Å². The van der Waals surface area contributed by atoms with Crippen molar-refractivity contribution in [2.75, 3.05) is 13.6 Å². The summed E-state index contributed by atoms with van der Waals surface area (Å²) >= 11 is 0. The smallest absolute Gasteiger partial charge is 0.338 e. The van der Waals surface area contributed by atoms with E-state index < -0.39 is 29.6 Å². The molecule has 0 saturated carbocycles. The second-order valence-electron chi connectivity index (χ2n) is 3.95. The summed E-state index contributed by atoms with van der Waals surface area (Å²) in [4.78, 5) is 10.6. The first-order valence-electron chi connectivity index (χ1n) is 5.50. The molecule has 0 saturated heterocycles. The Morgan fingerprint density at radius 2 is 2.11 bits per heavy atom. The predicted molar refractivity (Wildman–Crippen MR) is 62.9 cm³/mol.